The summed E-state index contributed by atoms with van der Waals surface area (Å²) in [5.41, 5.74) is 0.545. The molecule has 0 radical (unpaired) electrons. The summed E-state index contributed by atoms with van der Waals surface area (Å²) in [7, 11) is -3.71. The second-order valence-corrected chi connectivity index (χ2v) is 8.34. The second kappa shape index (κ2) is 9.65. The summed E-state index contributed by atoms with van der Waals surface area (Å²) in [6.07, 6.45) is 2.61. The van der Waals surface area contributed by atoms with Gasteiger partial charge in [0.05, 0.1) is 10.5 Å². The van der Waals surface area contributed by atoms with Gasteiger partial charge in [-0.1, -0.05) is 12.5 Å². The molecule has 0 aromatic heterocycles. The molecule has 1 aromatic carbocycles. The van der Waals surface area contributed by atoms with Gasteiger partial charge in [-0.2, -0.15) is 4.31 Å². The molecule has 28 heavy (non-hydrogen) atoms. The number of sulfonamides is 1. The number of carbonyl (C=O) groups is 3. The van der Waals surface area contributed by atoms with Crippen LogP contribution in [0.4, 0.5) is 4.79 Å². The molecule has 3 amide bonds. The smallest absolute Gasteiger partial charge is 0.338 e. The van der Waals surface area contributed by atoms with E-state index in [2.05, 4.69) is 5.32 Å². The fraction of sp³-hybridized carbons (Fsp3) is 0.500. The number of carbonyl (C=O) groups excluding carboxylic acids is 3. The highest BCUT2D eigenvalue weighted by atomic mass is 32.2. The van der Waals surface area contributed by atoms with Gasteiger partial charge in [-0.25, -0.2) is 18.0 Å². The zero-order valence-corrected chi connectivity index (χ0v) is 16.8. The maximum atomic E-state index is 12.9. The van der Waals surface area contributed by atoms with Crippen LogP contribution in [0.5, 0.6) is 0 Å². The molecule has 10 heteroatoms. The molecule has 2 rings (SSSR count). The molecule has 1 saturated heterocycles. The van der Waals surface area contributed by atoms with E-state index < -0.39 is 34.5 Å². The first-order valence-corrected chi connectivity index (χ1v) is 10.5. The Morgan fingerprint density at radius 2 is 1.82 bits per heavy atom. The Morgan fingerprint density at radius 1 is 1.14 bits per heavy atom. The standard InChI is InChI=1S/C18H25N3O6S/c1-3-19-18(24)20-16(22)12-27-17(23)14-8-7-13(2)15(11-14)28(25,26)21-9-5-4-6-10-21/h7-8,11H,3-6,9-10,12H2,1-2H3,(H2,19,20,22,24). The molecule has 1 aliphatic heterocycles. The van der Waals surface area contributed by atoms with E-state index >= 15 is 0 Å². The van der Waals surface area contributed by atoms with Gasteiger partial charge in [-0.15, -0.1) is 0 Å². The fourth-order valence-corrected chi connectivity index (χ4v) is 4.60. The zero-order valence-electron chi connectivity index (χ0n) is 16.0. The number of piperidine rings is 1. The van der Waals surface area contributed by atoms with Gasteiger partial charge >= 0.3 is 12.0 Å². The monoisotopic (exact) mass is 411 g/mol. The van der Waals surface area contributed by atoms with Gasteiger partial charge in [0, 0.05) is 19.6 Å². The third-order valence-electron chi connectivity index (χ3n) is 4.28. The molecule has 154 valence electrons. The van der Waals surface area contributed by atoms with Crippen molar-refractivity contribution in [3.8, 4) is 0 Å². The molecule has 9 nitrogen and oxygen atoms in total. The minimum absolute atomic E-state index is 0.0204. The summed E-state index contributed by atoms with van der Waals surface area (Å²) in [5.74, 6) is -1.63. The topological polar surface area (TPSA) is 122 Å². The first-order chi connectivity index (χ1) is 13.3. The van der Waals surface area contributed by atoms with Gasteiger partial charge < -0.3 is 10.1 Å². The van der Waals surface area contributed by atoms with Crippen LogP contribution in [0, 0.1) is 6.92 Å². The zero-order chi connectivity index (χ0) is 20.7. The van der Waals surface area contributed by atoms with Crippen LogP contribution in [0.2, 0.25) is 0 Å². The van der Waals surface area contributed by atoms with Crippen LogP contribution in [0.25, 0.3) is 0 Å². The Labute approximate surface area is 164 Å². The summed E-state index contributed by atoms with van der Waals surface area (Å²) < 4.78 is 32.1. The molecule has 0 aliphatic carbocycles. The number of amides is 3. The number of rotatable bonds is 6. The summed E-state index contributed by atoms with van der Waals surface area (Å²) >= 11 is 0. The number of nitrogens with zero attached hydrogens (tertiary/aromatic N) is 1. The molecule has 1 heterocycles. The Balaban J connectivity index is 2.08. The number of aryl methyl sites for hydroxylation is 1. The summed E-state index contributed by atoms with van der Waals surface area (Å²) in [6, 6.07) is 3.55. The minimum Gasteiger partial charge on any atom is -0.452 e. The van der Waals surface area contributed by atoms with Crippen molar-refractivity contribution in [2.45, 2.75) is 38.0 Å². The van der Waals surface area contributed by atoms with Crippen LogP contribution in [0.15, 0.2) is 23.1 Å². The molecule has 0 atom stereocenters. The van der Waals surface area contributed by atoms with E-state index in [9.17, 15) is 22.8 Å². The van der Waals surface area contributed by atoms with Crippen molar-refractivity contribution in [3.05, 3.63) is 29.3 Å². The Morgan fingerprint density at radius 3 is 2.46 bits per heavy atom. The number of urea groups is 1. The predicted molar refractivity (Wildman–Crippen MR) is 101 cm³/mol. The van der Waals surface area contributed by atoms with Crippen molar-refractivity contribution in [3.63, 3.8) is 0 Å². The van der Waals surface area contributed by atoms with Crippen LogP contribution in [-0.2, 0) is 19.6 Å². The molecular formula is C18H25N3O6S. The highest BCUT2D eigenvalue weighted by molar-refractivity contribution is 7.89. The van der Waals surface area contributed by atoms with Crippen LogP contribution in [-0.4, -0.2) is 56.9 Å². The lowest BCUT2D eigenvalue weighted by Crippen LogP contribution is -2.41. The average molecular weight is 411 g/mol. The van der Waals surface area contributed by atoms with Gasteiger partial charge in [0.15, 0.2) is 6.61 Å². The molecule has 1 fully saturated rings. The lowest BCUT2D eigenvalue weighted by Gasteiger charge is -2.26. The summed E-state index contributed by atoms with van der Waals surface area (Å²) in [6.45, 7) is 3.95. The fourth-order valence-electron chi connectivity index (χ4n) is 2.83. The van der Waals surface area contributed by atoms with Crippen LogP contribution in [0.3, 0.4) is 0 Å². The van der Waals surface area contributed by atoms with Gasteiger partial charge in [0.1, 0.15) is 0 Å². The van der Waals surface area contributed by atoms with Crippen molar-refractivity contribution in [2.75, 3.05) is 26.2 Å². The number of imide groups is 1. The second-order valence-electron chi connectivity index (χ2n) is 6.43. The molecule has 0 saturated carbocycles. The quantitative estimate of drug-likeness (QED) is 0.678. The van der Waals surface area contributed by atoms with E-state index in [1.807, 2.05) is 5.32 Å². The van der Waals surface area contributed by atoms with Crippen molar-refractivity contribution >= 4 is 27.9 Å². The molecule has 1 aliphatic rings. The van der Waals surface area contributed by atoms with Crippen molar-refractivity contribution in [1.82, 2.24) is 14.9 Å². The normalized spacial score (nSPS) is 14.9. The van der Waals surface area contributed by atoms with E-state index in [1.54, 1.807) is 13.8 Å². The summed E-state index contributed by atoms with van der Waals surface area (Å²) in [5, 5.41) is 4.38. The van der Waals surface area contributed by atoms with Crippen LogP contribution < -0.4 is 10.6 Å². The van der Waals surface area contributed by atoms with E-state index in [1.165, 1.54) is 22.5 Å². The van der Waals surface area contributed by atoms with Crippen molar-refractivity contribution in [1.29, 1.82) is 0 Å². The highest BCUT2D eigenvalue weighted by Gasteiger charge is 2.28. The molecule has 0 spiro atoms. The van der Waals surface area contributed by atoms with Gasteiger partial charge in [-0.05, 0) is 44.4 Å². The first-order valence-electron chi connectivity index (χ1n) is 9.11. The predicted octanol–water partition coefficient (Wildman–Crippen LogP) is 1.17. The minimum atomic E-state index is -3.71. The van der Waals surface area contributed by atoms with Crippen molar-refractivity contribution in [2.24, 2.45) is 0 Å². The average Bonchev–Trinajstić information content (AvgIpc) is 2.67. The Kier molecular flexibility index (Phi) is 7.53. The molecule has 0 unspecified atom stereocenters. The van der Waals surface area contributed by atoms with E-state index in [4.69, 9.17) is 4.74 Å². The number of esters is 1. The van der Waals surface area contributed by atoms with Crippen LogP contribution >= 0.6 is 0 Å². The van der Waals surface area contributed by atoms with Gasteiger partial charge in [0.25, 0.3) is 5.91 Å². The number of nitrogens with one attached hydrogen (secondary N) is 2. The maximum Gasteiger partial charge on any atom is 0.338 e. The number of benzene rings is 1. The highest BCUT2D eigenvalue weighted by Crippen LogP contribution is 2.24. The van der Waals surface area contributed by atoms with E-state index in [0.29, 0.717) is 25.2 Å². The SMILES string of the molecule is CCNC(=O)NC(=O)COC(=O)c1ccc(C)c(S(=O)(=O)N2CCCCC2)c1. The van der Waals surface area contributed by atoms with E-state index in [0.717, 1.165) is 19.3 Å². The molecular weight excluding hydrogens is 386 g/mol. The van der Waals surface area contributed by atoms with Gasteiger partial charge in [0.2, 0.25) is 10.0 Å². The third-order valence-corrected chi connectivity index (χ3v) is 6.32. The number of hydrogen-bond acceptors (Lipinski definition) is 6. The van der Waals surface area contributed by atoms with E-state index in [-0.39, 0.29) is 10.5 Å². The van der Waals surface area contributed by atoms with Crippen LogP contribution in [0.1, 0.15) is 42.1 Å². The number of hydrogen-bond donors (Lipinski definition) is 2. The summed E-state index contributed by atoms with van der Waals surface area (Å²) in [4.78, 5) is 35.1. The molecule has 1 aromatic rings. The Hall–Kier alpha value is -2.46. The maximum absolute atomic E-state index is 12.9. The van der Waals surface area contributed by atoms with Gasteiger partial charge in [-0.3, -0.25) is 10.1 Å². The molecule has 0 bridgehead atoms. The first kappa shape index (κ1) is 21.8. The van der Waals surface area contributed by atoms with Crippen molar-refractivity contribution < 1.29 is 27.5 Å². The number of ether oxygens (including phenoxy) is 1. The largest absolute Gasteiger partial charge is 0.452 e. The third kappa shape index (κ3) is 5.52. The lowest BCUT2D eigenvalue weighted by atomic mass is 10.1. The Bertz CT molecular complexity index is 847. The molecule has 2 N–H and O–H groups in total. The lowest BCUT2D eigenvalue weighted by molar-refractivity contribution is -0.123.